The van der Waals surface area contributed by atoms with Crippen LogP contribution in [0.15, 0.2) is 0 Å². The molecule has 0 aromatic carbocycles. The van der Waals surface area contributed by atoms with Gasteiger partial charge in [0.25, 0.3) is 0 Å². The Morgan fingerprint density at radius 1 is 1.12 bits per heavy atom. The molecule has 136 valence electrons. The lowest BCUT2D eigenvalue weighted by Gasteiger charge is -2.25. The smallest absolute Gasteiger partial charge is 0.236 e. The predicted octanol–water partition coefficient (Wildman–Crippen LogP) is 2.05. The van der Waals surface area contributed by atoms with Gasteiger partial charge in [0, 0.05) is 49.9 Å². The lowest BCUT2D eigenvalue weighted by molar-refractivity contribution is -0.151. The molecule has 1 rings (SSSR count). The van der Waals surface area contributed by atoms with E-state index in [0.29, 0.717) is 17.7 Å². The lowest BCUT2D eigenvalue weighted by atomic mass is 9.79. The van der Waals surface area contributed by atoms with Gasteiger partial charge in [-0.3, -0.25) is 24.0 Å². The third-order valence-corrected chi connectivity index (χ3v) is 4.08. The van der Waals surface area contributed by atoms with Crippen LogP contribution in [0, 0.1) is 23.7 Å². The highest BCUT2D eigenvalue weighted by Gasteiger charge is 2.38. The largest absolute Gasteiger partial charge is 0.300 e. The van der Waals surface area contributed by atoms with Gasteiger partial charge in [-0.25, -0.2) is 4.90 Å². The fourth-order valence-corrected chi connectivity index (χ4v) is 2.79. The maximum atomic E-state index is 12.6. The van der Waals surface area contributed by atoms with Gasteiger partial charge in [0.15, 0.2) is 0 Å². The maximum Gasteiger partial charge on any atom is 0.236 e. The summed E-state index contributed by atoms with van der Waals surface area (Å²) in [6, 6.07) is 0. The number of Topliss-reactive ketones (excluding diaryl/α,β-unsaturated/α-hetero) is 2. The summed E-state index contributed by atoms with van der Waals surface area (Å²) in [7, 11) is 0. The molecule has 25 heavy (non-hydrogen) atoms. The second-order valence-electron chi connectivity index (χ2n) is 7.33. The summed E-state index contributed by atoms with van der Waals surface area (Å²) < 4.78 is 0. The number of imide groups is 3. The molecule has 0 aromatic heterocycles. The summed E-state index contributed by atoms with van der Waals surface area (Å²) in [4.78, 5) is 61.1. The molecule has 6 nitrogen and oxygen atoms in total. The van der Waals surface area contributed by atoms with Gasteiger partial charge in [0.1, 0.15) is 11.6 Å². The van der Waals surface area contributed by atoms with Crippen molar-refractivity contribution in [3.8, 4) is 12.3 Å². The quantitative estimate of drug-likeness (QED) is 0.381. The number of amides is 3. The monoisotopic (exact) mass is 347 g/mol. The lowest BCUT2D eigenvalue weighted by Crippen LogP contribution is -2.39. The molecule has 0 N–H and O–H groups in total. The number of unbranched alkanes of at least 4 members (excludes halogenated alkanes) is 1. The number of likely N-dealkylation sites (tertiary alicyclic amines) is 1. The van der Waals surface area contributed by atoms with Crippen molar-refractivity contribution < 1.29 is 24.0 Å². The first-order valence-corrected chi connectivity index (χ1v) is 8.46. The van der Waals surface area contributed by atoms with E-state index in [2.05, 4.69) is 5.92 Å². The zero-order valence-corrected chi connectivity index (χ0v) is 15.1. The predicted molar refractivity (Wildman–Crippen MR) is 91.0 cm³/mol. The van der Waals surface area contributed by atoms with Crippen LogP contribution in [0.2, 0.25) is 0 Å². The average Bonchev–Trinajstić information content (AvgIpc) is 2.84. The first kappa shape index (κ1) is 20.8. The van der Waals surface area contributed by atoms with Crippen LogP contribution in [0.5, 0.6) is 0 Å². The first-order valence-electron chi connectivity index (χ1n) is 8.46. The van der Waals surface area contributed by atoms with E-state index in [1.807, 2.05) is 0 Å². The molecule has 0 bridgehead atoms. The molecular weight excluding hydrogens is 322 g/mol. The second kappa shape index (κ2) is 8.70. The molecule has 3 amide bonds. The molecule has 1 aliphatic rings. The van der Waals surface area contributed by atoms with Crippen LogP contribution in [0.4, 0.5) is 0 Å². The van der Waals surface area contributed by atoms with E-state index in [1.54, 1.807) is 20.8 Å². The maximum absolute atomic E-state index is 12.6. The molecule has 0 aliphatic carbocycles. The molecule has 1 atom stereocenters. The van der Waals surface area contributed by atoms with Gasteiger partial charge in [-0.05, 0) is 6.42 Å². The van der Waals surface area contributed by atoms with Gasteiger partial charge >= 0.3 is 0 Å². The van der Waals surface area contributed by atoms with E-state index in [1.165, 1.54) is 0 Å². The highest BCUT2D eigenvalue weighted by atomic mass is 16.2. The zero-order chi connectivity index (χ0) is 19.2. The van der Waals surface area contributed by atoms with Crippen molar-refractivity contribution in [3.63, 3.8) is 0 Å². The van der Waals surface area contributed by atoms with Gasteiger partial charge in [0.05, 0.1) is 0 Å². The number of terminal acetylenes is 1. The van der Waals surface area contributed by atoms with Gasteiger partial charge in [-0.2, -0.15) is 0 Å². The second-order valence-corrected chi connectivity index (χ2v) is 7.33. The molecule has 0 saturated carbocycles. The Morgan fingerprint density at radius 2 is 1.68 bits per heavy atom. The number of ketones is 2. The van der Waals surface area contributed by atoms with E-state index in [0.717, 1.165) is 0 Å². The number of carbonyl (C=O) groups is 5. The van der Waals surface area contributed by atoms with E-state index in [4.69, 9.17) is 6.42 Å². The van der Waals surface area contributed by atoms with Crippen LogP contribution in [-0.4, -0.2) is 34.2 Å². The molecule has 1 heterocycles. The van der Waals surface area contributed by atoms with Gasteiger partial charge < -0.3 is 0 Å². The van der Waals surface area contributed by atoms with Crippen molar-refractivity contribution >= 4 is 29.3 Å². The Balaban J connectivity index is 2.84. The van der Waals surface area contributed by atoms with Crippen molar-refractivity contribution in [1.29, 1.82) is 0 Å². The zero-order valence-electron chi connectivity index (χ0n) is 15.1. The topological polar surface area (TPSA) is 88.6 Å². The van der Waals surface area contributed by atoms with Crippen LogP contribution >= 0.6 is 0 Å². The summed E-state index contributed by atoms with van der Waals surface area (Å²) in [6.45, 7) is 5.13. The van der Waals surface area contributed by atoms with Gasteiger partial charge in [0.2, 0.25) is 17.7 Å². The Bertz CT molecular complexity index is 605. The molecule has 0 aromatic rings. The number of rotatable bonds is 8. The standard InChI is InChI=1S/C19H25NO5/c1-5-6-7-8-14(21)11-13(18(25)19(2,3)4)12-17(24)20-15(22)9-10-16(20)23/h1,13H,6-12H2,2-4H3. The van der Waals surface area contributed by atoms with Crippen LogP contribution in [0.25, 0.3) is 0 Å². The average molecular weight is 347 g/mol. The highest BCUT2D eigenvalue weighted by Crippen LogP contribution is 2.27. The van der Waals surface area contributed by atoms with Crippen molar-refractivity contribution in [2.75, 3.05) is 0 Å². The molecular formula is C19H25NO5. The minimum atomic E-state index is -0.841. The minimum absolute atomic E-state index is 0.00742. The fourth-order valence-electron chi connectivity index (χ4n) is 2.79. The molecule has 1 aliphatic heterocycles. The molecule has 6 heteroatoms. The summed E-state index contributed by atoms with van der Waals surface area (Å²) in [5.41, 5.74) is -0.733. The summed E-state index contributed by atoms with van der Waals surface area (Å²) in [5.74, 6) is -0.563. The number of carbonyl (C=O) groups excluding carboxylic acids is 5. The van der Waals surface area contributed by atoms with Crippen molar-refractivity contribution in [2.24, 2.45) is 11.3 Å². The molecule has 0 radical (unpaired) electrons. The molecule has 1 fully saturated rings. The van der Waals surface area contributed by atoms with Crippen molar-refractivity contribution in [2.45, 2.75) is 65.7 Å². The van der Waals surface area contributed by atoms with Crippen LogP contribution < -0.4 is 0 Å². The van der Waals surface area contributed by atoms with Crippen molar-refractivity contribution in [3.05, 3.63) is 0 Å². The van der Waals surface area contributed by atoms with E-state index in [9.17, 15) is 24.0 Å². The van der Waals surface area contributed by atoms with Crippen LogP contribution in [0.1, 0.15) is 65.7 Å². The molecule has 0 spiro atoms. The summed E-state index contributed by atoms with van der Waals surface area (Å²) >= 11 is 0. The Kier molecular flexibility index (Phi) is 7.22. The third kappa shape index (κ3) is 5.93. The SMILES string of the molecule is C#CCCCC(=O)CC(CC(=O)N1C(=O)CCC1=O)C(=O)C(C)(C)C. The normalized spacial score (nSPS) is 15.8. The van der Waals surface area contributed by atoms with E-state index in [-0.39, 0.29) is 43.7 Å². The fraction of sp³-hybridized carbons (Fsp3) is 0.632. The van der Waals surface area contributed by atoms with Crippen molar-refractivity contribution in [1.82, 2.24) is 4.90 Å². The van der Waals surface area contributed by atoms with Gasteiger partial charge in [-0.1, -0.05) is 20.8 Å². The Labute approximate surface area is 148 Å². The summed E-state index contributed by atoms with van der Waals surface area (Å²) in [6.07, 6.45) is 6.02. The van der Waals surface area contributed by atoms with Crippen LogP contribution in [0.3, 0.4) is 0 Å². The van der Waals surface area contributed by atoms with E-state index < -0.39 is 29.1 Å². The third-order valence-electron chi connectivity index (χ3n) is 4.08. The number of hydrogen-bond donors (Lipinski definition) is 0. The number of nitrogens with zero attached hydrogens (tertiary/aromatic N) is 1. The number of hydrogen-bond acceptors (Lipinski definition) is 5. The Hall–Kier alpha value is -2.29. The Morgan fingerprint density at radius 3 is 2.16 bits per heavy atom. The minimum Gasteiger partial charge on any atom is -0.300 e. The molecule has 1 unspecified atom stereocenters. The highest BCUT2D eigenvalue weighted by molar-refractivity contribution is 6.15. The first-order chi connectivity index (χ1) is 11.6. The van der Waals surface area contributed by atoms with Gasteiger partial charge in [-0.15, -0.1) is 12.3 Å². The van der Waals surface area contributed by atoms with E-state index >= 15 is 0 Å². The summed E-state index contributed by atoms with van der Waals surface area (Å²) in [5, 5.41) is 0. The molecule has 1 saturated heterocycles. The van der Waals surface area contributed by atoms with Crippen LogP contribution in [-0.2, 0) is 24.0 Å².